The van der Waals surface area contributed by atoms with Crippen LogP contribution in [0.25, 0.3) is 0 Å². The van der Waals surface area contributed by atoms with Gasteiger partial charge in [-0.05, 0) is 45.2 Å². The van der Waals surface area contributed by atoms with Crippen molar-refractivity contribution in [1.29, 1.82) is 0 Å². The second kappa shape index (κ2) is 6.53. The molecule has 0 aliphatic carbocycles. The summed E-state index contributed by atoms with van der Waals surface area (Å²) in [5.41, 5.74) is 0. The van der Waals surface area contributed by atoms with E-state index in [2.05, 4.69) is 22.0 Å². The Hall–Kier alpha value is -0.610. The number of hydrogen-bond acceptors (Lipinski definition) is 3. The van der Waals surface area contributed by atoms with Crippen LogP contribution in [0.3, 0.4) is 0 Å². The van der Waals surface area contributed by atoms with Crippen molar-refractivity contribution in [3.05, 3.63) is 0 Å². The van der Waals surface area contributed by atoms with Crippen LogP contribution >= 0.6 is 0 Å². The number of likely N-dealkylation sites (tertiary alicyclic amines) is 2. The quantitative estimate of drug-likeness (QED) is 0.813. The summed E-state index contributed by atoms with van der Waals surface area (Å²) >= 11 is 0. The number of nitrogens with one attached hydrogen (secondary N) is 1. The molecule has 0 spiro atoms. The van der Waals surface area contributed by atoms with Gasteiger partial charge >= 0.3 is 0 Å². The first-order valence-corrected chi connectivity index (χ1v) is 7.36. The van der Waals surface area contributed by atoms with E-state index in [0.29, 0.717) is 24.4 Å². The lowest BCUT2D eigenvalue weighted by Crippen LogP contribution is -2.50. The van der Waals surface area contributed by atoms with Crippen LogP contribution in [0.1, 0.15) is 32.6 Å². The normalized spacial score (nSPS) is 30.4. The summed E-state index contributed by atoms with van der Waals surface area (Å²) in [6.07, 6.45) is 4.89. The van der Waals surface area contributed by atoms with Gasteiger partial charge in [0.25, 0.3) is 0 Å². The van der Waals surface area contributed by atoms with E-state index < -0.39 is 0 Å². The fourth-order valence-corrected chi connectivity index (χ4v) is 3.14. The molecule has 4 nitrogen and oxygen atoms in total. The topological polar surface area (TPSA) is 35.6 Å². The largest absolute Gasteiger partial charge is 0.341 e. The van der Waals surface area contributed by atoms with Crippen LogP contribution in [-0.4, -0.2) is 61.5 Å². The van der Waals surface area contributed by atoms with Gasteiger partial charge in [0, 0.05) is 25.7 Å². The Morgan fingerprint density at radius 1 is 1.22 bits per heavy atom. The Morgan fingerprint density at radius 3 is 2.72 bits per heavy atom. The van der Waals surface area contributed by atoms with Crippen LogP contribution in [0, 0.1) is 5.92 Å². The molecule has 1 N–H and O–H groups in total. The average Bonchev–Trinajstić information content (AvgIpc) is 2.39. The molecule has 2 aliphatic heterocycles. The van der Waals surface area contributed by atoms with Gasteiger partial charge in [0.1, 0.15) is 0 Å². The molecule has 1 amide bonds. The summed E-state index contributed by atoms with van der Waals surface area (Å²) in [7, 11) is 2.02. The lowest BCUT2D eigenvalue weighted by molar-refractivity contribution is -0.134. The number of rotatable bonds is 3. The number of hydrogen-bond donors (Lipinski definition) is 1. The van der Waals surface area contributed by atoms with Crippen molar-refractivity contribution in [2.24, 2.45) is 5.92 Å². The van der Waals surface area contributed by atoms with Gasteiger partial charge in [-0.3, -0.25) is 9.69 Å². The van der Waals surface area contributed by atoms with Crippen LogP contribution in [0.2, 0.25) is 0 Å². The predicted octanol–water partition coefficient (Wildman–Crippen LogP) is 0.929. The molecular weight excluding hydrogens is 226 g/mol. The molecule has 2 rings (SSSR count). The highest BCUT2D eigenvalue weighted by molar-refractivity contribution is 5.78. The van der Waals surface area contributed by atoms with Crippen molar-refractivity contribution in [2.75, 3.05) is 39.8 Å². The molecule has 2 unspecified atom stereocenters. The van der Waals surface area contributed by atoms with E-state index in [1.165, 1.54) is 25.7 Å². The number of carbonyl (C=O) groups is 1. The first-order chi connectivity index (χ1) is 8.69. The highest BCUT2D eigenvalue weighted by Gasteiger charge is 2.25. The molecule has 2 atom stereocenters. The lowest BCUT2D eigenvalue weighted by Gasteiger charge is -2.35. The zero-order valence-corrected chi connectivity index (χ0v) is 11.8. The van der Waals surface area contributed by atoms with E-state index in [1.54, 1.807) is 0 Å². The number of nitrogens with zero attached hydrogens (tertiary/aromatic N) is 2. The van der Waals surface area contributed by atoms with Gasteiger partial charge in [-0.15, -0.1) is 0 Å². The molecule has 0 radical (unpaired) electrons. The van der Waals surface area contributed by atoms with Crippen molar-refractivity contribution in [3.63, 3.8) is 0 Å². The first-order valence-electron chi connectivity index (χ1n) is 7.36. The zero-order valence-electron chi connectivity index (χ0n) is 11.8. The van der Waals surface area contributed by atoms with Crippen molar-refractivity contribution >= 4 is 5.91 Å². The van der Waals surface area contributed by atoms with Gasteiger partial charge in [-0.25, -0.2) is 0 Å². The molecule has 18 heavy (non-hydrogen) atoms. The molecule has 0 aromatic rings. The minimum atomic E-state index is 0.332. The number of piperidine rings is 2. The summed E-state index contributed by atoms with van der Waals surface area (Å²) < 4.78 is 0. The highest BCUT2D eigenvalue weighted by atomic mass is 16.2. The SMILES string of the molecule is CNC1CCCN(CC(=O)N2CCCC(C)C2)C1. The fraction of sp³-hybridized carbons (Fsp3) is 0.929. The van der Waals surface area contributed by atoms with Crippen LogP contribution < -0.4 is 5.32 Å². The Kier molecular flexibility index (Phi) is 5.01. The zero-order chi connectivity index (χ0) is 13.0. The molecule has 2 saturated heterocycles. The second-order valence-corrected chi connectivity index (χ2v) is 5.95. The van der Waals surface area contributed by atoms with Crippen LogP contribution in [0.15, 0.2) is 0 Å². The van der Waals surface area contributed by atoms with Crippen molar-refractivity contribution < 1.29 is 4.79 Å². The minimum Gasteiger partial charge on any atom is -0.341 e. The smallest absolute Gasteiger partial charge is 0.236 e. The number of amides is 1. The molecule has 0 saturated carbocycles. The summed E-state index contributed by atoms with van der Waals surface area (Å²) in [6.45, 7) is 6.88. The fourth-order valence-electron chi connectivity index (χ4n) is 3.14. The van der Waals surface area contributed by atoms with Gasteiger partial charge in [-0.1, -0.05) is 6.92 Å². The maximum Gasteiger partial charge on any atom is 0.236 e. The third-order valence-electron chi connectivity index (χ3n) is 4.28. The Bertz CT molecular complexity index is 282. The van der Waals surface area contributed by atoms with Crippen molar-refractivity contribution in [1.82, 2.24) is 15.1 Å². The van der Waals surface area contributed by atoms with Crippen molar-refractivity contribution in [3.8, 4) is 0 Å². The van der Waals surface area contributed by atoms with Gasteiger partial charge in [0.2, 0.25) is 5.91 Å². The van der Waals surface area contributed by atoms with E-state index in [4.69, 9.17) is 0 Å². The summed E-state index contributed by atoms with van der Waals surface area (Å²) in [5.74, 6) is 1.01. The molecule has 2 aliphatic rings. The second-order valence-electron chi connectivity index (χ2n) is 5.95. The monoisotopic (exact) mass is 253 g/mol. The van der Waals surface area contributed by atoms with Crippen LogP contribution in [0.4, 0.5) is 0 Å². The molecule has 0 bridgehead atoms. The van der Waals surface area contributed by atoms with Gasteiger partial charge in [-0.2, -0.15) is 0 Å². The predicted molar refractivity (Wildman–Crippen MR) is 73.5 cm³/mol. The van der Waals surface area contributed by atoms with Crippen molar-refractivity contribution in [2.45, 2.75) is 38.6 Å². The van der Waals surface area contributed by atoms with E-state index in [-0.39, 0.29) is 0 Å². The molecule has 2 fully saturated rings. The summed E-state index contributed by atoms with van der Waals surface area (Å²) in [6, 6.07) is 0.562. The lowest BCUT2D eigenvalue weighted by atomic mass is 10.00. The maximum atomic E-state index is 12.3. The molecule has 0 aromatic heterocycles. The minimum absolute atomic E-state index is 0.332. The Balaban J connectivity index is 1.79. The molecular formula is C14H27N3O. The van der Waals surface area contributed by atoms with Crippen LogP contribution in [-0.2, 0) is 4.79 Å². The summed E-state index contributed by atoms with van der Waals surface area (Å²) in [5, 5.41) is 3.33. The number of carbonyl (C=O) groups excluding carboxylic acids is 1. The van der Waals surface area contributed by atoms with E-state index in [0.717, 1.165) is 26.2 Å². The third kappa shape index (κ3) is 3.69. The van der Waals surface area contributed by atoms with E-state index in [1.807, 2.05) is 7.05 Å². The highest BCUT2D eigenvalue weighted by Crippen LogP contribution is 2.16. The summed E-state index contributed by atoms with van der Waals surface area (Å²) in [4.78, 5) is 16.6. The maximum absolute atomic E-state index is 12.3. The molecule has 4 heteroatoms. The van der Waals surface area contributed by atoms with Gasteiger partial charge < -0.3 is 10.2 Å². The van der Waals surface area contributed by atoms with Gasteiger partial charge in [0.15, 0.2) is 0 Å². The van der Waals surface area contributed by atoms with E-state index >= 15 is 0 Å². The Morgan fingerprint density at radius 2 is 2.00 bits per heavy atom. The van der Waals surface area contributed by atoms with E-state index in [9.17, 15) is 4.79 Å². The molecule has 0 aromatic carbocycles. The Labute approximate surface area is 111 Å². The third-order valence-corrected chi connectivity index (χ3v) is 4.28. The first kappa shape index (κ1) is 13.8. The molecule has 2 heterocycles. The molecule has 104 valence electrons. The average molecular weight is 253 g/mol. The van der Waals surface area contributed by atoms with Gasteiger partial charge in [0.05, 0.1) is 6.54 Å². The van der Waals surface area contributed by atoms with Crippen LogP contribution in [0.5, 0.6) is 0 Å². The standard InChI is InChI=1S/C14H27N3O/c1-12-5-3-8-17(9-12)14(18)11-16-7-4-6-13(10-16)15-2/h12-13,15H,3-11H2,1-2H3. The number of likely N-dealkylation sites (N-methyl/N-ethyl adjacent to an activating group) is 1.